The first-order valence-corrected chi connectivity index (χ1v) is 8.71. The quantitative estimate of drug-likeness (QED) is 0.660. The Kier molecular flexibility index (Phi) is 5.74. The van der Waals surface area contributed by atoms with Gasteiger partial charge in [0.05, 0.1) is 0 Å². The van der Waals surface area contributed by atoms with Gasteiger partial charge in [-0.2, -0.15) is 0 Å². The molecule has 0 unspecified atom stereocenters. The highest BCUT2D eigenvalue weighted by molar-refractivity contribution is 5.99. The fraction of sp³-hybridized carbons (Fsp3) is 0.190. The summed E-state index contributed by atoms with van der Waals surface area (Å²) in [5.74, 6) is -0.749. The van der Waals surface area contributed by atoms with Crippen molar-refractivity contribution in [1.82, 2.24) is 5.16 Å². The third kappa shape index (κ3) is 4.37. The second-order valence-corrected chi connectivity index (χ2v) is 6.39. The number of aromatic nitrogens is 1. The summed E-state index contributed by atoms with van der Waals surface area (Å²) < 4.78 is 10.3. The maximum atomic E-state index is 12.5. The summed E-state index contributed by atoms with van der Waals surface area (Å²) in [4.78, 5) is 26.6. The van der Waals surface area contributed by atoms with Crippen molar-refractivity contribution >= 4 is 23.3 Å². The molecule has 0 bridgehead atoms. The lowest BCUT2D eigenvalue weighted by Crippen LogP contribution is -2.21. The molecular weight excluding hydrogens is 358 g/mol. The van der Waals surface area contributed by atoms with E-state index in [-0.39, 0.29) is 5.56 Å². The molecule has 28 heavy (non-hydrogen) atoms. The second kappa shape index (κ2) is 8.39. The van der Waals surface area contributed by atoms with E-state index in [2.05, 4.69) is 10.5 Å². The van der Waals surface area contributed by atoms with Crippen LogP contribution in [0, 0.1) is 6.92 Å². The number of esters is 1. The summed E-state index contributed by atoms with van der Waals surface area (Å²) in [6.45, 7) is 1.22. The average Bonchev–Trinajstić information content (AvgIpc) is 3.09. The Bertz CT molecular complexity index is 963. The van der Waals surface area contributed by atoms with Gasteiger partial charge in [-0.3, -0.25) is 4.79 Å². The molecule has 0 aliphatic heterocycles. The molecule has 1 heterocycles. The minimum Gasteiger partial charge on any atom is -0.452 e. The Morgan fingerprint density at radius 2 is 1.75 bits per heavy atom. The van der Waals surface area contributed by atoms with E-state index in [0.29, 0.717) is 17.1 Å². The van der Waals surface area contributed by atoms with Crippen LogP contribution in [0.15, 0.2) is 59.1 Å². The van der Waals surface area contributed by atoms with Gasteiger partial charge in [0, 0.05) is 31.0 Å². The lowest BCUT2D eigenvalue weighted by molar-refractivity contribution is -0.119. The molecule has 1 amide bonds. The fourth-order valence-corrected chi connectivity index (χ4v) is 2.65. The zero-order chi connectivity index (χ0) is 20.1. The number of rotatable bonds is 6. The number of aryl methyl sites for hydroxylation is 1. The van der Waals surface area contributed by atoms with Crippen LogP contribution in [0.25, 0.3) is 11.3 Å². The summed E-state index contributed by atoms with van der Waals surface area (Å²) in [6.07, 6.45) is 0. The van der Waals surface area contributed by atoms with Crippen LogP contribution in [-0.4, -0.2) is 37.7 Å². The van der Waals surface area contributed by atoms with E-state index < -0.39 is 18.5 Å². The summed E-state index contributed by atoms with van der Waals surface area (Å²) in [6, 6.07) is 16.5. The van der Waals surface area contributed by atoms with Crippen molar-refractivity contribution in [3.8, 4) is 11.3 Å². The number of hydrogen-bond donors (Lipinski definition) is 1. The molecule has 3 rings (SSSR count). The van der Waals surface area contributed by atoms with E-state index in [1.165, 1.54) is 0 Å². The second-order valence-electron chi connectivity index (χ2n) is 6.39. The number of nitrogens with zero attached hydrogens (tertiary/aromatic N) is 2. The van der Waals surface area contributed by atoms with Crippen molar-refractivity contribution in [2.75, 3.05) is 30.9 Å². The maximum absolute atomic E-state index is 12.5. The van der Waals surface area contributed by atoms with Crippen molar-refractivity contribution in [2.24, 2.45) is 0 Å². The van der Waals surface area contributed by atoms with Gasteiger partial charge in [0.25, 0.3) is 5.91 Å². The molecule has 0 saturated carbocycles. The molecule has 0 spiro atoms. The molecule has 1 N–H and O–H groups in total. The number of hydrogen-bond acceptors (Lipinski definition) is 6. The monoisotopic (exact) mass is 379 g/mol. The normalized spacial score (nSPS) is 10.4. The molecular formula is C21H21N3O4. The maximum Gasteiger partial charge on any atom is 0.344 e. The predicted octanol–water partition coefficient (Wildman–Crippen LogP) is 3.51. The molecule has 7 nitrogen and oxygen atoms in total. The van der Waals surface area contributed by atoms with Crippen LogP contribution in [0.2, 0.25) is 0 Å². The number of carbonyl (C=O) groups is 2. The van der Waals surface area contributed by atoms with E-state index in [9.17, 15) is 9.59 Å². The number of benzene rings is 2. The van der Waals surface area contributed by atoms with Crippen molar-refractivity contribution < 1.29 is 18.8 Å². The molecule has 0 aliphatic carbocycles. The number of carbonyl (C=O) groups excluding carboxylic acids is 2. The molecule has 0 fully saturated rings. The third-order valence-corrected chi connectivity index (χ3v) is 4.12. The highest BCUT2D eigenvalue weighted by Gasteiger charge is 2.23. The van der Waals surface area contributed by atoms with Gasteiger partial charge in [0.15, 0.2) is 6.61 Å². The number of ether oxygens (including phenoxy) is 1. The van der Waals surface area contributed by atoms with E-state index in [1.807, 2.05) is 61.5 Å². The van der Waals surface area contributed by atoms with Gasteiger partial charge in [-0.25, -0.2) is 4.79 Å². The fourth-order valence-electron chi connectivity index (χ4n) is 2.65. The third-order valence-electron chi connectivity index (χ3n) is 4.12. The van der Waals surface area contributed by atoms with Gasteiger partial charge >= 0.3 is 5.97 Å². The first kappa shape index (κ1) is 19.2. The molecule has 0 radical (unpaired) electrons. The summed E-state index contributed by atoms with van der Waals surface area (Å²) in [7, 11) is 3.87. The van der Waals surface area contributed by atoms with Crippen molar-refractivity contribution in [3.05, 3.63) is 65.9 Å². The van der Waals surface area contributed by atoms with Gasteiger partial charge in [0.1, 0.15) is 17.0 Å². The Morgan fingerprint density at radius 1 is 1.07 bits per heavy atom. The first-order valence-electron chi connectivity index (χ1n) is 8.71. The standard InChI is InChI=1S/C21H21N3O4/c1-14-19(20(23-28-14)15-7-5-4-6-8-15)21(26)27-13-18(25)22-16-9-11-17(12-10-16)24(2)3/h4-12H,13H2,1-3H3,(H,22,25). The topological polar surface area (TPSA) is 84.7 Å². The van der Waals surface area contributed by atoms with E-state index in [1.54, 1.807) is 19.1 Å². The van der Waals surface area contributed by atoms with Gasteiger partial charge in [-0.05, 0) is 31.2 Å². The van der Waals surface area contributed by atoms with E-state index >= 15 is 0 Å². The summed E-state index contributed by atoms with van der Waals surface area (Å²) in [5, 5.41) is 6.64. The highest BCUT2D eigenvalue weighted by Crippen LogP contribution is 2.25. The molecule has 2 aromatic carbocycles. The van der Waals surface area contributed by atoms with E-state index in [0.717, 1.165) is 11.3 Å². The molecule has 7 heteroatoms. The number of amides is 1. The van der Waals surface area contributed by atoms with Crippen LogP contribution in [0.1, 0.15) is 16.1 Å². The molecule has 1 aromatic heterocycles. The molecule has 144 valence electrons. The minimum atomic E-state index is -0.657. The first-order chi connectivity index (χ1) is 13.5. The lowest BCUT2D eigenvalue weighted by Gasteiger charge is -2.13. The van der Waals surface area contributed by atoms with Crippen molar-refractivity contribution in [2.45, 2.75) is 6.92 Å². The lowest BCUT2D eigenvalue weighted by atomic mass is 10.1. The average molecular weight is 379 g/mol. The zero-order valence-electron chi connectivity index (χ0n) is 15.9. The predicted molar refractivity (Wildman–Crippen MR) is 106 cm³/mol. The Hall–Kier alpha value is -3.61. The summed E-state index contributed by atoms with van der Waals surface area (Å²) >= 11 is 0. The molecule has 3 aromatic rings. The van der Waals surface area contributed by atoms with Gasteiger partial charge in [-0.1, -0.05) is 35.5 Å². The Labute approximate surface area is 162 Å². The van der Waals surface area contributed by atoms with Crippen LogP contribution in [-0.2, 0) is 9.53 Å². The van der Waals surface area contributed by atoms with Crippen LogP contribution in [0.4, 0.5) is 11.4 Å². The van der Waals surface area contributed by atoms with Gasteiger partial charge in [-0.15, -0.1) is 0 Å². The Morgan fingerprint density at radius 3 is 2.39 bits per heavy atom. The van der Waals surface area contributed by atoms with Crippen LogP contribution in [0.5, 0.6) is 0 Å². The molecule has 0 atom stereocenters. The number of anilines is 2. The largest absolute Gasteiger partial charge is 0.452 e. The smallest absolute Gasteiger partial charge is 0.344 e. The van der Waals surface area contributed by atoms with Crippen molar-refractivity contribution in [1.29, 1.82) is 0 Å². The van der Waals surface area contributed by atoms with Gasteiger partial charge < -0.3 is 19.5 Å². The van der Waals surface area contributed by atoms with Crippen LogP contribution < -0.4 is 10.2 Å². The Balaban J connectivity index is 1.63. The van der Waals surface area contributed by atoms with Crippen LogP contribution in [0.3, 0.4) is 0 Å². The zero-order valence-corrected chi connectivity index (χ0v) is 15.9. The minimum absolute atomic E-state index is 0.217. The van der Waals surface area contributed by atoms with Crippen LogP contribution >= 0.6 is 0 Å². The summed E-state index contributed by atoms with van der Waals surface area (Å²) in [5.41, 5.74) is 2.98. The number of nitrogens with one attached hydrogen (secondary N) is 1. The van der Waals surface area contributed by atoms with Gasteiger partial charge in [0.2, 0.25) is 0 Å². The highest BCUT2D eigenvalue weighted by atomic mass is 16.5. The SMILES string of the molecule is Cc1onc(-c2ccccc2)c1C(=O)OCC(=O)Nc1ccc(N(C)C)cc1. The molecule has 0 aliphatic rings. The van der Waals surface area contributed by atoms with Crippen molar-refractivity contribution in [3.63, 3.8) is 0 Å². The van der Waals surface area contributed by atoms with E-state index in [4.69, 9.17) is 9.26 Å². The molecule has 0 saturated heterocycles.